The fourth-order valence-corrected chi connectivity index (χ4v) is 7.02. The molecular formula is C32H33FN6O3. The van der Waals surface area contributed by atoms with Gasteiger partial charge in [0.2, 0.25) is 0 Å². The summed E-state index contributed by atoms with van der Waals surface area (Å²) in [6.45, 7) is 2.68. The van der Waals surface area contributed by atoms with Crippen LogP contribution < -0.4 is 31.7 Å². The maximum absolute atomic E-state index is 16.2. The molecule has 2 fully saturated rings. The van der Waals surface area contributed by atoms with Gasteiger partial charge in [-0.15, -0.1) is 0 Å². The van der Waals surface area contributed by atoms with Crippen LogP contribution in [0.2, 0.25) is 0 Å². The van der Waals surface area contributed by atoms with Gasteiger partial charge in [0.15, 0.2) is 23.3 Å². The van der Waals surface area contributed by atoms with Crippen LogP contribution in [0.5, 0.6) is 11.5 Å². The van der Waals surface area contributed by atoms with Gasteiger partial charge in [0.25, 0.3) is 5.91 Å². The molecule has 3 heterocycles. The maximum atomic E-state index is 16.2. The van der Waals surface area contributed by atoms with Gasteiger partial charge in [0, 0.05) is 48.3 Å². The maximum Gasteiger partial charge on any atom is 0.255 e. The number of hydrogen-bond acceptors (Lipinski definition) is 6. The van der Waals surface area contributed by atoms with Crippen LogP contribution >= 0.6 is 0 Å². The number of rotatable bonds is 5. The van der Waals surface area contributed by atoms with Crippen molar-refractivity contribution in [3.8, 4) is 11.5 Å². The Morgan fingerprint density at radius 1 is 1.17 bits per heavy atom. The highest BCUT2D eigenvalue weighted by Gasteiger charge is 2.42. The van der Waals surface area contributed by atoms with Crippen LogP contribution in [0.25, 0.3) is 10.8 Å². The van der Waals surface area contributed by atoms with E-state index in [0.29, 0.717) is 48.2 Å². The third-order valence-corrected chi connectivity index (χ3v) is 8.96. The van der Waals surface area contributed by atoms with Crippen LogP contribution in [-0.4, -0.2) is 56.4 Å². The van der Waals surface area contributed by atoms with Crippen molar-refractivity contribution in [1.82, 2.24) is 10.6 Å². The van der Waals surface area contributed by atoms with Crippen molar-refractivity contribution in [3.63, 3.8) is 0 Å². The average molecular weight is 569 g/mol. The van der Waals surface area contributed by atoms with Crippen molar-refractivity contribution in [2.45, 2.75) is 31.2 Å². The number of Topliss-reactive ketones (excluding diaryl/α,β-unsaturated/α-hetero) is 1. The Balaban J connectivity index is 1.34. The van der Waals surface area contributed by atoms with Crippen molar-refractivity contribution < 1.29 is 18.7 Å². The number of aliphatic imine (C=N–C) groups is 1. The number of carbonyl (C=O) groups is 2. The van der Waals surface area contributed by atoms with Crippen LogP contribution in [0.1, 0.15) is 46.7 Å². The fraction of sp³-hybridized carbons (Fsp3) is 0.344. The molecule has 42 heavy (non-hydrogen) atoms. The van der Waals surface area contributed by atoms with Gasteiger partial charge in [0.1, 0.15) is 11.4 Å². The normalized spacial score (nSPS) is 22.3. The zero-order chi connectivity index (χ0) is 29.0. The molecular weight excluding hydrogens is 535 g/mol. The Hall–Kier alpha value is -4.44. The van der Waals surface area contributed by atoms with Crippen LogP contribution in [-0.2, 0) is 4.79 Å². The zero-order valence-corrected chi connectivity index (χ0v) is 23.2. The molecule has 216 valence electrons. The number of allylic oxidation sites excluding steroid dienone is 1. The molecule has 0 spiro atoms. The van der Waals surface area contributed by atoms with Crippen molar-refractivity contribution >= 4 is 34.1 Å². The molecule has 10 heteroatoms. The van der Waals surface area contributed by atoms with Gasteiger partial charge in [-0.05, 0) is 60.7 Å². The lowest BCUT2D eigenvalue weighted by atomic mass is 9.82. The van der Waals surface area contributed by atoms with Gasteiger partial charge in [-0.1, -0.05) is 30.3 Å². The number of benzene rings is 3. The fourth-order valence-electron chi connectivity index (χ4n) is 7.02. The number of nitrogens with one attached hydrogen (secondary N) is 2. The summed E-state index contributed by atoms with van der Waals surface area (Å²) in [5, 5.41) is 8.35. The van der Waals surface area contributed by atoms with E-state index in [4.69, 9.17) is 16.2 Å². The minimum Gasteiger partial charge on any atom is -0.454 e. The minimum absolute atomic E-state index is 0.0258. The number of hydrogen-bond donors (Lipinski definition) is 4. The molecule has 2 saturated heterocycles. The molecule has 3 aromatic carbocycles. The molecule has 1 amide bonds. The van der Waals surface area contributed by atoms with Gasteiger partial charge in [-0.25, -0.2) is 4.39 Å². The van der Waals surface area contributed by atoms with Crippen molar-refractivity contribution in [2.75, 3.05) is 37.6 Å². The van der Waals surface area contributed by atoms with E-state index in [1.54, 1.807) is 6.08 Å². The van der Waals surface area contributed by atoms with E-state index < -0.39 is 17.5 Å². The quantitative estimate of drug-likeness (QED) is 0.161. The molecule has 0 radical (unpaired) electrons. The number of fused-ring (bicyclic) bond motifs is 4. The van der Waals surface area contributed by atoms with E-state index in [-0.39, 0.29) is 42.1 Å². The van der Waals surface area contributed by atoms with Crippen LogP contribution in [0.15, 0.2) is 59.1 Å². The Morgan fingerprint density at radius 3 is 2.76 bits per heavy atom. The van der Waals surface area contributed by atoms with Gasteiger partial charge in [-0.3, -0.25) is 14.6 Å². The first kappa shape index (κ1) is 26.5. The van der Waals surface area contributed by atoms with E-state index in [1.807, 2.05) is 30.3 Å². The number of nitrogens with two attached hydrogens (primary N) is 2. The second kappa shape index (κ2) is 10.4. The van der Waals surface area contributed by atoms with Crippen molar-refractivity contribution in [3.05, 3.63) is 76.6 Å². The number of piperidine rings is 1. The molecule has 4 aliphatic rings. The first-order valence-corrected chi connectivity index (χ1v) is 14.5. The number of carbonyl (C=O) groups excluding carboxylic acids is 2. The Morgan fingerprint density at radius 2 is 1.98 bits per heavy atom. The molecule has 0 bridgehead atoms. The topological polar surface area (TPSA) is 135 Å². The first-order chi connectivity index (χ1) is 20.4. The summed E-state index contributed by atoms with van der Waals surface area (Å²) in [5.41, 5.74) is 12.8. The lowest BCUT2D eigenvalue weighted by Gasteiger charge is -2.33. The molecule has 3 unspecified atom stereocenters. The van der Waals surface area contributed by atoms with Gasteiger partial charge >= 0.3 is 0 Å². The predicted molar refractivity (Wildman–Crippen MR) is 160 cm³/mol. The predicted octanol–water partition coefficient (Wildman–Crippen LogP) is 3.31. The second-order valence-corrected chi connectivity index (χ2v) is 11.5. The summed E-state index contributed by atoms with van der Waals surface area (Å²) in [6.07, 6.45) is 4.25. The number of ketones is 1. The van der Waals surface area contributed by atoms with E-state index in [9.17, 15) is 9.59 Å². The summed E-state index contributed by atoms with van der Waals surface area (Å²) >= 11 is 0. The number of halogens is 1. The highest BCUT2D eigenvalue weighted by atomic mass is 19.1. The number of ether oxygens (including phenoxy) is 1. The summed E-state index contributed by atoms with van der Waals surface area (Å²) in [7, 11) is 0. The van der Waals surface area contributed by atoms with E-state index in [2.05, 4.69) is 26.6 Å². The highest BCUT2D eigenvalue weighted by Crippen LogP contribution is 2.54. The van der Waals surface area contributed by atoms with Crippen LogP contribution in [0.4, 0.5) is 10.1 Å². The first-order valence-electron chi connectivity index (χ1n) is 14.5. The third-order valence-electron chi connectivity index (χ3n) is 8.96. The molecule has 3 atom stereocenters. The van der Waals surface area contributed by atoms with Gasteiger partial charge in [0.05, 0.1) is 12.1 Å². The summed E-state index contributed by atoms with van der Waals surface area (Å²) in [4.78, 5) is 33.1. The van der Waals surface area contributed by atoms with Gasteiger partial charge in [-0.2, -0.15) is 0 Å². The molecule has 3 aromatic rings. The lowest BCUT2D eigenvalue weighted by Crippen LogP contribution is -2.40. The zero-order valence-electron chi connectivity index (χ0n) is 23.2. The summed E-state index contributed by atoms with van der Waals surface area (Å²) < 4.78 is 22.8. The van der Waals surface area contributed by atoms with Crippen molar-refractivity contribution in [2.24, 2.45) is 22.4 Å². The minimum atomic E-state index is -0.544. The molecule has 0 saturated carbocycles. The third kappa shape index (κ3) is 4.46. The number of amides is 1. The monoisotopic (exact) mass is 568 g/mol. The molecule has 9 nitrogen and oxygen atoms in total. The van der Waals surface area contributed by atoms with Crippen LogP contribution in [0.3, 0.4) is 0 Å². The Labute approximate surface area is 242 Å². The number of nitrogens with zero attached hydrogens (tertiary/aromatic N) is 2. The average Bonchev–Trinajstić information content (AvgIpc) is 3.34. The standard InChI is InChI=1S/C32H33FN6O3/c33-24-14-23-27-20(7-8-21(29(23)40)31(41)37-10-11-38-32(34)35)22-12-17-4-1-2-5-18(17)13-26(22)42-30(27)28(24)39-15-19-6-3-9-36-25(19)16-39/h1-2,4-5,8,12-14,19-20,25,36H,3,6-7,9-11,15-16H2,(H,37,41)(H4,34,35,38). The lowest BCUT2D eigenvalue weighted by molar-refractivity contribution is -0.117. The van der Waals surface area contributed by atoms with Crippen molar-refractivity contribution in [1.29, 1.82) is 0 Å². The molecule has 1 aliphatic carbocycles. The Kier molecular flexibility index (Phi) is 6.57. The second-order valence-electron chi connectivity index (χ2n) is 11.5. The summed E-state index contributed by atoms with van der Waals surface area (Å²) in [5.74, 6) is -0.508. The largest absolute Gasteiger partial charge is 0.454 e. The van der Waals surface area contributed by atoms with E-state index >= 15 is 4.39 Å². The number of anilines is 1. The van der Waals surface area contributed by atoms with E-state index in [0.717, 1.165) is 35.7 Å². The van der Waals surface area contributed by atoms with E-state index in [1.165, 1.54) is 6.07 Å². The smallest absolute Gasteiger partial charge is 0.255 e. The number of guanidine groups is 1. The summed E-state index contributed by atoms with van der Waals surface area (Å²) in [6, 6.07) is 13.7. The highest BCUT2D eigenvalue weighted by molar-refractivity contribution is 6.26. The van der Waals surface area contributed by atoms with Crippen LogP contribution in [0, 0.1) is 11.7 Å². The molecule has 6 N–H and O–H groups in total. The van der Waals surface area contributed by atoms with Gasteiger partial charge < -0.3 is 31.7 Å². The molecule has 7 rings (SSSR count). The Bertz CT molecular complexity index is 1670. The molecule has 0 aromatic heterocycles. The SMILES string of the molecule is NC(N)=NCCNC(=O)C1=CCC2c3cc4ccccc4cc3Oc3c2c(cc(F)c3N2CC3CCCNC3C2)C1=O. The molecule has 3 aliphatic heterocycles.